The molecule has 0 radical (unpaired) electrons. The van der Waals surface area contributed by atoms with Crippen molar-refractivity contribution in [3.05, 3.63) is 97.2 Å². The summed E-state index contributed by atoms with van der Waals surface area (Å²) in [6.07, 6.45) is 64.1. The Morgan fingerprint density at radius 3 is 1.28 bits per heavy atom. The van der Waals surface area contributed by atoms with Gasteiger partial charge < -0.3 is 14.2 Å². The minimum absolute atomic E-state index is 0.0486. The number of esters is 2. The van der Waals surface area contributed by atoms with Crippen molar-refractivity contribution in [3.63, 3.8) is 0 Å². The van der Waals surface area contributed by atoms with Gasteiger partial charge in [0.15, 0.2) is 6.10 Å². The zero-order valence-corrected chi connectivity index (χ0v) is 37.8. The summed E-state index contributed by atoms with van der Waals surface area (Å²) in [4.78, 5) is 25.3. The van der Waals surface area contributed by atoms with Crippen LogP contribution in [0.4, 0.5) is 0 Å². The maximum atomic E-state index is 12.7. The number of hydrogen-bond donors (Lipinski definition) is 0. The summed E-state index contributed by atoms with van der Waals surface area (Å²) in [6, 6.07) is 0. The van der Waals surface area contributed by atoms with Gasteiger partial charge in [-0.05, 0) is 116 Å². The van der Waals surface area contributed by atoms with Gasteiger partial charge in [0.2, 0.25) is 0 Å². The standard InChI is InChI=1S/C53H88O5/c1-4-7-10-13-16-19-22-25-26-27-30-33-36-39-42-45-48-56-49-51(58-53(55)47-44-41-38-35-32-29-24-21-18-15-12-9-6-3)50-57-52(54)46-43-40-37-34-31-28-23-20-17-14-11-8-5-2/h7-8,10-11,16-17,19-21,24-26,28,30-31,33,51H,4-6,9,12-15,18,22-23,27,29,32,34-50H2,1-3H3/b10-7-,11-8-,19-16-,20-17-,24-21-,26-25-,31-28-,33-30-. The van der Waals surface area contributed by atoms with Gasteiger partial charge in [0.25, 0.3) is 0 Å². The fourth-order valence-corrected chi connectivity index (χ4v) is 6.10. The molecule has 0 saturated heterocycles. The zero-order chi connectivity index (χ0) is 42.1. The third-order valence-electron chi connectivity index (χ3n) is 9.58. The van der Waals surface area contributed by atoms with Crippen LogP contribution in [0.5, 0.6) is 0 Å². The minimum Gasteiger partial charge on any atom is -0.462 e. The Bertz CT molecular complexity index is 1140. The maximum Gasteiger partial charge on any atom is 0.306 e. The number of allylic oxidation sites excluding steroid dienone is 16. The molecular formula is C53H88O5. The van der Waals surface area contributed by atoms with Crippen molar-refractivity contribution in [1.29, 1.82) is 0 Å². The molecule has 58 heavy (non-hydrogen) atoms. The lowest BCUT2D eigenvalue weighted by Gasteiger charge is -2.18. The third kappa shape index (κ3) is 45.5. The average molecular weight is 805 g/mol. The molecule has 1 atom stereocenters. The SMILES string of the molecule is CC/C=C\C/C=C\C/C=C\C/C=C\CCCCCOCC(COC(=O)CCCCC/C=C\C/C=C\C/C=C\CC)OC(=O)CCCCCCC/C=C\CCCCCC. The summed E-state index contributed by atoms with van der Waals surface area (Å²) in [5.74, 6) is -0.466. The van der Waals surface area contributed by atoms with Gasteiger partial charge in [0.1, 0.15) is 6.61 Å². The van der Waals surface area contributed by atoms with Gasteiger partial charge in [-0.2, -0.15) is 0 Å². The van der Waals surface area contributed by atoms with Gasteiger partial charge >= 0.3 is 11.9 Å². The second-order valence-electron chi connectivity index (χ2n) is 15.2. The third-order valence-corrected chi connectivity index (χ3v) is 9.58. The molecule has 5 nitrogen and oxygen atoms in total. The van der Waals surface area contributed by atoms with E-state index in [-0.39, 0.29) is 25.2 Å². The van der Waals surface area contributed by atoms with Gasteiger partial charge in [0.05, 0.1) is 6.61 Å². The molecule has 0 N–H and O–H groups in total. The molecule has 0 fully saturated rings. The second-order valence-corrected chi connectivity index (χ2v) is 15.2. The number of rotatable bonds is 42. The van der Waals surface area contributed by atoms with Gasteiger partial charge in [-0.15, -0.1) is 0 Å². The number of ether oxygens (including phenoxy) is 3. The number of carbonyl (C=O) groups is 2. The van der Waals surface area contributed by atoms with Crippen molar-refractivity contribution < 1.29 is 23.8 Å². The van der Waals surface area contributed by atoms with Gasteiger partial charge in [-0.3, -0.25) is 9.59 Å². The molecule has 0 aliphatic rings. The molecule has 0 spiro atoms. The Labute approximate surface area is 358 Å². The van der Waals surface area contributed by atoms with E-state index in [1.165, 1.54) is 44.9 Å². The molecule has 0 saturated carbocycles. The van der Waals surface area contributed by atoms with Gasteiger partial charge in [-0.25, -0.2) is 0 Å². The van der Waals surface area contributed by atoms with Gasteiger partial charge in [-0.1, -0.05) is 169 Å². The van der Waals surface area contributed by atoms with Crippen LogP contribution in [0, 0.1) is 0 Å². The van der Waals surface area contributed by atoms with E-state index in [4.69, 9.17) is 14.2 Å². The molecule has 0 aromatic carbocycles. The number of unbranched alkanes of at least 4 members (excludes halogenated alkanes) is 15. The van der Waals surface area contributed by atoms with Crippen molar-refractivity contribution in [2.75, 3.05) is 19.8 Å². The maximum absolute atomic E-state index is 12.7. The second kappa shape index (κ2) is 48.2. The molecule has 0 amide bonds. The first-order valence-electron chi connectivity index (χ1n) is 23.8. The van der Waals surface area contributed by atoms with E-state index in [9.17, 15) is 9.59 Å². The van der Waals surface area contributed by atoms with Crippen LogP contribution in [0.1, 0.15) is 201 Å². The fourth-order valence-electron chi connectivity index (χ4n) is 6.10. The summed E-state index contributed by atoms with van der Waals surface area (Å²) in [5, 5.41) is 0. The van der Waals surface area contributed by atoms with E-state index >= 15 is 0 Å². The molecule has 5 heteroatoms. The van der Waals surface area contributed by atoms with Crippen LogP contribution < -0.4 is 0 Å². The predicted octanol–water partition coefficient (Wildman–Crippen LogP) is 15.9. The Hall–Kier alpha value is -3.18. The molecule has 0 bridgehead atoms. The van der Waals surface area contributed by atoms with E-state index in [0.29, 0.717) is 19.4 Å². The Morgan fingerprint density at radius 1 is 0.397 bits per heavy atom. The lowest BCUT2D eigenvalue weighted by atomic mass is 10.1. The highest BCUT2D eigenvalue weighted by molar-refractivity contribution is 5.70. The first-order chi connectivity index (χ1) is 28.6. The first kappa shape index (κ1) is 54.8. The molecule has 0 heterocycles. The highest BCUT2D eigenvalue weighted by atomic mass is 16.6. The molecule has 1 unspecified atom stereocenters. The Morgan fingerprint density at radius 2 is 0.776 bits per heavy atom. The monoisotopic (exact) mass is 805 g/mol. The van der Waals surface area contributed by atoms with E-state index in [2.05, 4.69) is 118 Å². The van der Waals surface area contributed by atoms with Crippen molar-refractivity contribution in [1.82, 2.24) is 0 Å². The van der Waals surface area contributed by atoms with Crippen LogP contribution in [0.15, 0.2) is 97.2 Å². The normalized spacial score (nSPS) is 13.1. The van der Waals surface area contributed by atoms with Crippen LogP contribution in [0.2, 0.25) is 0 Å². The first-order valence-corrected chi connectivity index (χ1v) is 23.8. The summed E-state index contributed by atoms with van der Waals surface area (Å²) < 4.78 is 17.3. The molecule has 330 valence electrons. The van der Waals surface area contributed by atoms with Crippen LogP contribution in [-0.4, -0.2) is 37.9 Å². The van der Waals surface area contributed by atoms with Crippen LogP contribution in [0.3, 0.4) is 0 Å². The number of carbonyl (C=O) groups excluding carboxylic acids is 2. The smallest absolute Gasteiger partial charge is 0.306 e. The highest BCUT2D eigenvalue weighted by Gasteiger charge is 2.17. The van der Waals surface area contributed by atoms with E-state index in [0.717, 1.165) is 122 Å². The van der Waals surface area contributed by atoms with Crippen LogP contribution in [0.25, 0.3) is 0 Å². The van der Waals surface area contributed by atoms with Crippen molar-refractivity contribution in [3.8, 4) is 0 Å². The van der Waals surface area contributed by atoms with Crippen LogP contribution >= 0.6 is 0 Å². The lowest BCUT2D eigenvalue weighted by molar-refractivity contribution is -0.163. The van der Waals surface area contributed by atoms with Crippen LogP contribution in [-0.2, 0) is 23.8 Å². The molecule has 0 aliphatic carbocycles. The van der Waals surface area contributed by atoms with Gasteiger partial charge in [0, 0.05) is 19.4 Å². The molecule has 0 aromatic heterocycles. The lowest BCUT2D eigenvalue weighted by Crippen LogP contribution is -2.30. The highest BCUT2D eigenvalue weighted by Crippen LogP contribution is 2.12. The summed E-state index contributed by atoms with van der Waals surface area (Å²) >= 11 is 0. The van der Waals surface area contributed by atoms with E-state index in [1.54, 1.807) is 0 Å². The Balaban J connectivity index is 4.40. The topological polar surface area (TPSA) is 61.8 Å². The van der Waals surface area contributed by atoms with Crippen molar-refractivity contribution in [2.24, 2.45) is 0 Å². The van der Waals surface area contributed by atoms with Crippen molar-refractivity contribution >= 4 is 11.9 Å². The van der Waals surface area contributed by atoms with E-state index < -0.39 is 6.10 Å². The molecular weight excluding hydrogens is 717 g/mol. The average Bonchev–Trinajstić information content (AvgIpc) is 3.22. The summed E-state index contributed by atoms with van der Waals surface area (Å²) in [6.45, 7) is 7.46. The molecule has 0 rings (SSSR count). The molecule has 0 aliphatic heterocycles. The summed E-state index contributed by atoms with van der Waals surface area (Å²) in [5.41, 5.74) is 0. The minimum atomic E-state index is -0.573. The quantitative estimate of drug-likeness (QED) is 0.0349. The predicted molar refractivity (Wildman–Crippen MR) is 251 cm³/mol. The zero-order valence-electron chi connectivity index (χ0n) is 37.8. The van der Waals surface area contributed by atoms with E-state index in [1.807, 2.05) is 0 Å². The van der Waals surface area contributed by atoms with Crippen molar-refractivity contribution in [2.45, 2.75) is 207 Å². The number of hydrogen-bond acceptors (Lipinski definition) is 5. The Kier molecular flexibility index (Phi) is 45.5. The fraction of sp³-hybridized carbons (Fsp3) is 0.660. The summed E-state index contributed by atoms with van der Waals surface area (Å²) in [7, 11) is 0. The largest absolute Gasteiger partial charge is 0.462 e. The molecule has 0 aromatic rings.